The van der Waals surface area contributed by atoms with Gasteiger partial charge in [0.05, 0.1) is 0 Å². The lowest BCUT2D eigenvalue weighted by Crippen LogP contribution is -2.16. The average molecular weight is 917 g/mol. The van der Waals surface area contributed by atoms with Crippen LogP contribution < -0.4 is 0 Å². The van der Waals surface area contributed by atoms with Crippen LogP contribution in [-0.2, 0) is 19.3 Å². The Morgan fingerprint density at radius 2 is 0.643 bits per heavy atom. The van der Waals surface area contributed by atoms with Gasteiger partial charge in [-0.3, -0.25) is 0 Å². The third-order valence-electron chi connectivity index (χ3n) is 15.8. The molecule has 0 spiro atoms. The van der Waals surface area contributed by atoms with Crippen molar-refractivity contribution in [2.75, 3.05) is 0 Å². The summed E-state index contributed by atoms with van der Waals surface area (Å²) in [6.07, 6.45) is 7.12. The molecule has 7 atom stereocenters. The van der Waals surface area contributed by atoms with Crippen molar-refractivity contribution >= 4 is 6.08 Å². The Morgan fingerprint density at radius 3 is 1.11 bits per heavy atom. The van der Waals surface area contributed by atoms with Crippen LogP contribution in [0.4, 0.5) is 0 Å². The minimum atomic E-state index is 0.284. The van der Waals surface area contributed by atoms with Gasteiger partial charge in [-0.05, 0) is 162 Å². The van der Waals surface area contributed by atoms with Crippen LogP contribution in [0, 0.1) is 27.7 Å². The highest BCUT2D eigenvalue weighted by Crippen LogP contribution is 2.43. The number of benzene rings is 8. The van der Waals surface area contributed by atoms with E-state index in [-0.39, 0.29) is 5.92 Å². The molecule has 0 saturated heterocycles. The third-order valence-corrected chi connectivity index (χ3v) is 15.8. The second kappa shape index (κ2) is 23.4. The van der Waals surface area contributed by atoms with Crippen molar-refractivity contribution < 1.29 is 0 Å². The van der Waals surface area contributed by atoms with E-state index >= 15 is 0 Å². The van der Waals surface area contributed by atoms with Crippen LogP contribution in [0.25, 0.3) is 6.08 Å². The van der Waals surface area contributed by atoms with Crippen LogP contribution in [-0.4, -0.2) is 0 Å². The average Bonchev–Trinajstić information content (AvgIpc) is 3.39. The zero-order valence-corrected chi connectivity index (χ0v) is 43.3. The summed E-state index contributed by atoms with van der Waals surface area (Å²) < 4.78 is 0. The molecular formula is C70H76. The highest BCUT2D eigenvalue weighted by Gasteiger charge is 2.28. The van der Waals surface area contributed by atoms with Crippen LogP contribution in [0.5, 0.6) is 0 Å². The number of rotatable bonds is 20. The molecule has 0 bridgehead atoms. The monoisotopic (exact) mass is 917 g/mol. The maximum absolute atomic E-state index is 4.06. The zero-order valence-electron chi connectivity index (χ0n) is 43.3. The smallest absolute Gasteiger partial charge is 0.00610 e. The first-order chi connectivity index (χ1) is 33.9. The predicted octanol–water partition coefficient (Wildman–Crippen LogP) is 18.9. The van der Waals surface area contributed by atoms with Gasteiger partial charge in [0.15, 0.2) is 0 Å². The predicted molar refractivity (Wildman–Crippen MR) is 302 cm³/mol. The fourth-order valence-electron chi connectivity index (χ4n) is 10.8. The van der Waals surface area contributed by atoms with Crippen molar-refractivity contribution in [2.24, 2.45) is 0 Å². The molecule has 0 aliphatic heterocycles. The summed E-state index contributed by atoms with van der Waals surface area (Å²) in [5, 5.41) is 0. The van der Waals surface area contributed by atoms with Gasteiger partial charge in [0.2, 0.25) is 0 Å². The number of aryl methyl sites for hydroxylation is 4. The molecule has 0 amide bonds. The van der Waals surface area contributed by atoms with E-state index in [1.54, 1.807) is 0 Å². The second-order valence-corrected chi connectivity index (χ2v) is 21.1. The van der Waals surface area contributed by atoms with E-state index in [1.165, 1.54) is 83.5 Å². The lowest BCUT2D eigenvalue weighted by Gasteiger charge is -2.31. The van der Waals surface area contributed by atoms with Crippen molar-refractivity contribution in [3.8, 4) is 0 Å². The summed E-state index contributed by atoms with van der Waals surface area (Å²) >= 11 is 0. The summed E-state index contributed by atoms with van der Waals surface area (Å²) in [4.78, 5) is 0. The second-order valence-electron chi connectivity index (χ2n) is 21.1. The molecule has 356 valence electrons. The lowest BCUT2D eigenvalue weighted by molar-refractivity contribution is 0.466. The summed E-state index contributed by atoms with van der Waals surface area (Å²) in [5.74, 6) is 2.52. The van der Waals surface area contributed by atoms with Crippen LogP contribution in [0.2, 0.25) is 0 Å². The van der Waals surface area contributed by atoms with Crippen LogP contribution in [0.1, 0.15) is 171 Å². The minimum Gasteiger partial charge on any atom is -0.0985 e. The van der Waals surface area contributed by atoms with Gasteiger partial charge >= 0.3 is 0 Å². The van der Waals surface area contributed by atoms with Crippen molar-refractivity contribution in [3.05, 3.63) is 290 Å². The molecule has 0 saturated carbocycles. The fraction of sp³-hybridized carbons (Fsp3) is 0.286. The van der Waals surface area contributed by atoms with Crippen molar-refractivity contribution in [3.63, 3.8) is 0 Å². The molecule has 0 aliphatic rings. The molecule has 0 aromatic heterocycles. The Kier molecular flexibility index (Phi) is 16.7. The molecule has 0 heteroatoms. The molecule has 0 heterocycles. The van der Waals surface area contributed by atoms with E-state index in [2.05, 4.69) is 256 Å². The first-order valence-corrected chi connectivity index (χ1v) is 26.2. The molecular weight excluding hydrogens is 841 g/mol. The Bertz CT molecular complexity index is 2840. The summed E-state index contributed by atoms with van der Waals surface area (Å²) in [5.41, 5.74) is 21.7. The molecule has 8 aromatic rings. The van der Waals surface area contributed by atoms with Crippen LogP contribution in [0.15, 0.2) is 201 Å². The molecule has 0 nitrogen and oxygen atoms in total. The van der Waals surface area contributed by atoms with Gasteiger partial charge < -0.3 is 0 Å². The van der Waals surface area contributed by atoms with Gasteiger partial charge in [0, 0.05) is 5.92 Å². The van der Waals surface area contributed by atoms with E-state index in [1.807, 2.05) is 6.08 Å². The fourth-order valence-corrected chi connectivity index (χ4v) is 10.8. The summed E-state index contributed by atoms with van der Waals surface area (Å²) in [7, 11) is 0. The number of hydrogen-bond donors (Lipinski definition) is 0. The molecule has 8 rings (SSSR count). The minimum absolute atomic E-state index is 0.284. The van der Waals surface area contributed by atoms with Gasteiger partial charge in [-0.15, -0.1) is 0 Å². The Morgan fingerprint density at radius 1 is 0.314 bits per heavy atom. The normalized spacial score (nSPS) is 14.5. The largest absolute Gasteiger partial charge is 0.0985 e. The van der Waals surface area contributed by atoms with Gasteiger partial charge in [0.25, 0.3) is 0 Å². The van der Waals surface area contributed by atoms with E-state index in [0.29, 0.717) is 35.5 Å². The van der Waals surface area contributed by atoms with E-state index < -0.39 is 0 Å². The van der Waals surface area contributed by atoms with Gasteiger partial charge in [0.1, 0.15) is 0 Å². The third kappa shape index (κ3) is 12.8. The van der Waals surface area contributed by atoms with Crippen molar-refractivity contribution in [1.82, 2.24) is 0 Å². The van der Waals surface area contributed by atoms with Gasteiger partial charge in [-0.2, -0.15) is 0 Å². The quantitative estimate of drug-likeness (QED) is 0.0715. The first-order valence-electron chi connectivity index (χ1n) is 26.2. The molecule has 70 heavy (non-hydrogen) atoms. The lowest BCUT2D eigenvalue weighted by atomic mass is 9.73. The molecule has 7 unspecified atom stereocenters. The number of hydrogen-bond acceptors (Lipinski definition) is 0. The Hall–Kier alpha value is -6.50. The Balaban J connectivity index is 1.12. The first kappa shape index (κ1) is 49.9. The van der Waals surface area contributed by atoms with Gasteiger partial charge in [-0.1, -0.05) is 257 Å². The topological polar surface area (TPSA) is 0 Å². The molecule has 8 aromatic carbocycles. The van der Waals surface area contributed by atoms with E-state index in [9.17, 15) is 0 Å². The molecule has 0 aliphatic carbocycles. The van der Waals surface area contributed by atoms with Crippen molar-refractivity contribution in [1.29, 1.82) is 0 Å². The van der Waals surface area contributed by atoms with E-state index in [4.69, 9.17) is 0 Å². The van der Waals surface area contributed by atoms with Crippen molar-refractivity contribution in [2.45, 2.75) is 129 Å². The van der Waals surface area contributed by atoms with Gasteiger partial charge in [-0.25, -0.2) is 0 Å². The van der Waals surface area contributed by atoms with Crippen LogP contribution >= 0.6 is 0 Å². The highest BCUT2D eigenvalue weighted by molar-refractivity contribution is 5.48. The maximum atomic E-state index is 4.06. The molecule has 0 N–H and O–H groups in total. The summed E-state index contributed by atoms with van der Waals surface area (Å²) in [6.45, 7) is 22.3. The molecule has 0 fully saturated rings. The maximum Gasteiger partial charge on any atom is 0.00610 e. The van der Waals surface area contributed by atoms with E-state index in [0.717, 1.165) is 37.7 Å². The Labute approximate surface area is 422 Å². The SMILES string of the molecule is C=Cc1ccc(CC(c2ccc(CC(c3ccc(CC(C)c4ccc(C)cc4)cc3)C(C)c3ccc(C)cc3)cc2)C(CCC(C)c2ccc(C)cc2)c2ccc(C(C)c3ccc(C)cc3)cc2)cc1. The summed E-state index contributed by atoms with van der Waals surface area (Å²) in [6, 6.07) is 74.8. The zero-order chi connectivity index (χ0) is 49.1. The van der Waals surface area contributed by atoms with Crippen LogP contribution in [0.3, 0.4) is 0 Å². The standard InChI is InChI=1S/C70H76/c1-10-56-20-22-58(23-21-56)47-70(68(44-19-52(6)60-28-11-48(2)12-29-60)65-42-40-63(41-43-65)54(8)62-32-15-50(4)16-33-62)67-38-26-59(27-39-67)46-69(55(9)64-34-17-51(5)18-35-64)66-36-24-57(25-37-66)45-53(7)61-30-13-49(3)14-31-61/h10-18,20-43,52-55,68-70H,1,19,44-47H2,2-9H3. The highest BCUT2D eigenvalue weighted by atomic mass is 14.3. The molecule has 0 radical (unpaired) electrons.